The lowest BCUT2D eigenvalue weighted by atomic mass is 10.1. The minimum atomic E-state index is -0.323. The number of rotatable bonds is 9. The molecule has 33 heavy (non-hydrogen) atoms. The van der Waals surface area contributed by atoms with Crippen molar-refractivity contribution in [2.24, 2.45) is 0 Å². The highest BCUT2D eigenvalue weighted by atomic mass is 16.5. The number of anilines is 1. The molecule has 170 valence electrons. The number of carbonyl (C=O) groups excluding carboxylic acids is 1. The van der Waals surface area contributed by atoms with Crippen molar-refractivity contribution in [1.29, 1.82) is 0 Å². The van der Waals surface area contributed by atoms with E-state index >= 15 is 0 Å². The number of hydrogen-bond acceptors (Lipinski definition) is 5. The predicted molar refractivity (Wildman–Crippen MR) is 125 cm³/mol. The molecule has 0 spiro atoms. The van der Waals surface area contributed by atoms with Gasteiger partial charge in [0, 0.05) is 6.20 Å². The minimum absolute atomic E-state index is 0.213. The van der Waals surface area contributed by atoms with Crippen LogP contribution in [0.5, 0.6) is 11.5 Å². The number of carbonyl (C=O) groups is 1. The second-order valence-corrected chi connectivity index (χ2v) is 7.83. The molecule has 0 radical (unpaired) electrons. The highest BCUT2D eigenvalue weighted by Gasteiger charge is 2.11. The second kappa shape index (κ2) is 10.0. The summed E-state index contributed by atoms with van der Waals surface area (Å²) in [6.07, 6.45) is 5.97. The molecule has 0 saturated heterocycles. The van der Waals surface area contributed by atoms with Crippen LogP contribution >= 0.6 is 0 Å². The van der Waals surface area contributed by atoms with E-state index in [2.05, 4.69) is 28.5 Å². The molecule has 0 unspecified atom stereocenters. The molecule has 0 aliphatic rings. The van der Waals surface area contributed by atoms with Crippen molar-refractivity contribution in [3.8, 4) is 11.5 Å². The summed E-state index contributed by atoms with van der Waals surface area (Å²) in [5, 5.41) is 11.3. The van der Waals surface area contributed by atoms with Gasteiger partial charge >= 0.3 is 0 Å². The quantitative estimate of drug-likeness (QED) is 0.408. The zero-order valence-corrected chi connectivity index (χ0v) is 19.0. The first-order valence-electron chi connectivity index (χ1n) is 10.8. The number of benzene rings is 2. The molecule has 2 heterocycles. The van der Waals surface area contributed by atoms with E-state index in [9.17, 15) is 4.79 Å². The Balaban J connectivity index is 1.28. The molecule has 0 atom stereocenters. The third kappa shape index (κ3) is 6.00. The highest BCUT2D eigenvalue weighted by Crippen LogP contribution is 2.17. The Bertz CT molecular complexity index is 1210. The molecule has 0 bridgehead atoms. The van der Waals surface area contributed by atoms with Crippen LogP contribution in [0.1, 0.15) is 34.1 Å². The van der Waals surface area contributed by atoms with Crippen LogP contribution in [0.3, 0.4) is 0 Å². The zero-order valence-electron chi connectivity index (χ0n) is 19.0. The summed E-state index contributed by atoms with van der Waals surface area (Å²) >= 11 is 0. The van der Waals surface area contributed by atoms with Crippen molar-refractivity contribution in [3.63, 3.8) is 0 Å². The molecule has 2 aromatic heterocycles. The normalized spacial score (nSPS) is 10.8. The van der Waals surface area contributed by atoms with E-state index in [-0.39, 0.29) is 19.4 Å². The summed E-state index contributed by atoms with van der Waals surface area (Å²) in [6, 6.07) is 15.6. The van der Waals surface area contributed by atoms with Gasteiger partial charge in [0.25, 0.3) is 5.91 Å². The summed E-state index contributed by atoms with van der Waals surface area (Å²) < 4.78 is 14.7. The number of nitrogens with zero attached hydrogens (tertiary/aromatic N) is 4. The van der Waals surface area contributed by atoms with E-state index in [1.54, 1.807) is 34.0 Å². The van der Waals surface area contributed by atoms with Crippen molar-refractivity contribution in [1.82, 2.24) is 19.6 Å². The standard InChI is InChI=1S/C25H27N5O3/c1-4-20-5-7-22(8-6-20)32-17-30-15-21(14-26-30)27-25(31)24-9-10-29(28-24)16-33-23-12-18(2)11-19(3)13-23/h5-15H,4,16-17H2,1-3H3,(H,27,31). The molecule has 0 aliphatic heterocycles. The summed E-state index contributed by atoms with van der Waals surface area (Å²) in [5.41, 5.74) is 4.37. The van der Waals surface area contributed by atoms with Crippen LogP contribution in [0.4, 0.5) is 5.69 Å². The maximum Gasteiger partial charge on any atom is 0.276 e. The fraction of sp³-hybridized carbons (Fsp3) is 0.240. The zero-order chi connectivity index (χ0) is 23.2. The summed E-state index contributed by atoms with van der Waals surface area (Å²) in [7, 11) is 0. The predicted octanol–water partition coefficient (Wildman–Crippen LogP) is 4.58. The smallest absolute Gasteiger partial charge is 0.276 e. The van der Waals surface area contributed by atoms with Crippen molar-refractivity contribution in [2.45, 2.75) is 40.7 Å². The van der Waals surface area contributed by atoms with Crippen LogP contribution in [0.2, 0.25) is 0 Å². The van der Waals surface area contributed by atoms with Gasteiger partial charge in [-0.05, 0) is 67.3 Å². The maximum atomic E-state index is 12.5. The lowest BCUT2D eigenvalue weighted by molar-refractivity contribution is 0.102. The molecule has 2 aromatic carbocycles. The number of amides is 1. The van der Waals surface area contributed by atoms with Gasteiger partial charge in [-0.25, -0.2) is 9.36 Å². The van der Waals surface area contributed by atoms with E-state index < -0.39 is 0 Å². The van der Waals surface area contributed by atoms with Gasteiger partial charge in [-0.2, -0.15) is 10.2 Å². The lowest BCUT2D eigenvalue weighted by Crippen LogP contribution is -2.14. The van der Waals surface area contributed by atoms with Gasteiger partial charge in [0.05, 0.1) is 18.1 Å². The van der Waals surface area contributed by atoms with Gasteiger partial charge < -0.3 is 14.8 Å². The van der Waals surface area contributed by atoms with Crippen LogP contribution in [-0.4, -0.2) is 25.5 Å². The number of nitrogens with one attached hydrogen (secondary N) is 1. The molecule has 8 nitrogen and oxygen atoms in total. The Morgan fingerprint density at radius 2 is 1.64 bits per heavy atom. The largest absolute Gasteiger partial charge is 0.471 e. The first-order chi connectivity index (χ1) is 16.0. The van der Waals surface area contributed by atoms with Gasteiger partial charge in [-0.3, -0.25) is 4.79 Å². The molecule has 1 amide bonds. The number of hydrogen-bond donors (Lipinski definition) is 1. The van der Waals surface area contributed by atoms with Gasteiger partial charge in [0.15, 0.2) is 19.2 Å². The summed E-state index contributed by atoms with van der Waals surface area (Å²) in [4.78, 5) is 12.5. The fourth-order valence-electron chi connectivity index (χ4n) is 3.37. The fourth-order valence-corrected chi connectivity index (χ4v) is 3.37. The molecule has 0 fully saturated rings. The van der Waals surface area contributed by atoms with E-state index in [0.717, 1.165) is 29.0 Å². The third-order valence-electron chi connectivity index (χ3n) is 5.02. The van der Waals surface area contributed by atoms with E-state index in [1.807, 2.05) is 50.2 Å². The first kappa shape index (κ1) is 22.1. The van der Waals surface area contributed by atoms with Gasteiger partial charge in [0.2, 0.25) is 0 Å². The van der Waals surface area contributed by atoms with E-state index in [4.69, 9.17) is 9.47 Å². The molecular formula is C25H27N5O3. The van der Waals surface area contributed by atoms with E-state index in [0.29, 0.717) is 11.4 Å². The van der Waals surface area contributed by atoms with Crippen molar-refractivity contribution < 1.29 is 14.3 Å². The molecular weight excluding hydrogens is 418 g/mol. The Kier molecular flexibility index (Phi) is 6.73. The minimum Gasteiger partial charge on any atom is -0.471 e. The summed E-state index contributed by atoms with van der Waals surface area (Å²) in [6.45, 7) is 6.61. The number of ether oxygens (including phenoxy) is 2. The van der Waals surface area contributed by atoms with Crippen LogP contribution < -0.4 is 14.8 Å². The van der Waals surface area contributed by atoms with Crippen LogP contribution in [0.15, 0.2) is 67.1 Å². The second-order valence-electron chi connectivity index (χ2n) is 7.83. The van der Waals surface area contributed by atoms with Gasteiger partial charge in [-0.15, -0.1) is 0 Å². The number of aryl methyl sites for hydroxylation is 3. The Morgan fingerprint density at radius 1 is 0.939 bits per heavy atom. The van der Waals surface area contributed by atoms with Crippen molar-refractivity contribution >= 4 is 11.6 Å². The van der Waals surface area contributed by atoms with Crippen LogP contribution in [-0.2, 0) is 19.9 Å². The first-order valence-corrected chi connectivity index (χ1v) is 10.8. The van der Waals surface area contributed by atoms with Crippen LogP contribution in [0.25, 0.3) is 0 Å². The molecule has 1 N–H and O–H groups in total. The van der Waals surface area contributed by atoms with Crippen molar-refractivity contribution in [2.75, 3.05) is 5.32 Å². The van der Waals surface area contributed by atoms with Crippen LogP contribution in [0, 0.1) is 13.8 Å². The molecule has 4 aromatic rings. The average molecular weight is 446 g/mol. The Hall–Kier alpha value is -4.07. The number of aromatic nitrogens is 4. The molecule has 8 heteroatoms. The maximum absolute atomic E-state index is 12.5. The van der Waals surface area contributed by atoms with E-state index in [1.165, 1.54) is 5.56 Å². The highest BCUT2D eigenvalue weighted by molar-refractivity contribution is 6.02. The Morgan fingerprint density at radius 3 is 2.36 bits per heavy atom. The third-order valence-corrected chi connectivity index (χ3v) is 5.02. The van der Waals surface area contributed by atoms with Gasteiger partial charge in [0.1, 0.15) is 11.5 Å². The molecule has 4 rings (SSSR count). The van der Waals surface area contributed by atoms with Crippen molar-refractivity contribution in [3.05, 3.63) is 89.5 Å². The summed E-state index contributed by atoms with van der Waals surface area (Å²) in [5.74, 6) is 1.21. The molecule has 0 aliphatic carbocycles. The average Bonchev–Trinajstić information content (AvgIpc) is 3.46. The molecule has 0 saturated carbocycles. The topological polar surface area (TPSA) is 83.2 Å². The Labute approximate surface area is 192 Å². The lowest BCUT2D eigenvalue weighted by Gasteiger charge is -2.08. The SMILES string of the molecule is CCc1ccc(OCn2cc(NC(=O)c3ccn(COc4cc(C)cc(C)c4)n3)cn2)cc1. The van der Waals surface area contributed by atoms with Gasteiger partial charge in [-0.1, -0.05) is 25.1 Å². The monoisotopic (exact) mass is 445 g/mol.